The van der Waals surface area contributed by atoms with E-state index in [1.54, 1.807) is 14.2 Å². The van der Waals surface area contributed by atoms with Crippen LogP contribution < -0.4 is 16.4 Å². The van der Waals surface area contributed by atoms with Gasteiger partial charge >= 0.3 is 0 Å². The first-order valence-corrected chi connectivity index (χ1v) is 8.12. The molecule has 128 valence electrons. The number of rotatable bonds is 9. The van der Waals surface area contributed by atoms with Crippen molar-refractivity contribution in [2.24, 2.45) is 16.6 Å². The molecule has 0 radical (unpaired) electrons. The zero-order valence-electron chi connectivity index (χ0n) is 13.9. The molecule has 4 N–H and O–H groups in total. The van der Waals surface area contributed by atoms with Crippen molar-refractivity contribution in [3.05, 3.63) is 0 Å². The number of nitrogens with zero attached hydrogens (tertiary/aromatic N) is 2. The Hall–Kier alpha value is -1.34. The van der Waals surface area contributed by atoms with Gasteiger partial charge in [0, 0.05) is 40.4 Å². The van der Waals surface area contributed by atoms with Gasteiger partial charge in [-0.05, 0) is 38.8 Å². The average molecular weight is 313 g/mol. The van der Waals surface area contributed by atoms with Crippen molar-refractivity contribution in [1.82, 2.24) is 15.5 Å². The minimum Gasteiger partial charge on any atom is -0.385 e. The van der Waals surface area contributed by atoms with Crippen molar-refractivity contribution in [3.8, 4) is 0 Å². The van der Waals surface area contributed by atoms with Gasteiger partial charge in [-0.1, -0.05) is 0 Å². The summed E-state index contributed by atoms with van der Waals surface area (Å²) in [5.41, 5.74) is 5.40. The molecule has 0 aromatic heterocycles. The van der Waals surface area contributed by atoms with E-state index in [-0.39, 0.29) is 11.8 Å². The van der Waals surface area contributed by atoms with E-state index in [0.29, 0.717) is 0 Å². The second-order valence-corrected chi connectivity index (χ2v) is 5.67. The number of carbonyl (C=O) groups excluding carboxylic acids is 1. The second-order valence-electron chi connectivity index (χ2n) is 5.67. The zero-order chi connectivity index (χ0) is 16.2. The van der Waals surface area contributed by atoms with Gasteiger partial charge in [-0.2, -0.15) is 0 Å². The highest BCUT2D eigenvalue weighted by atomic mass is 16.5. The molecule has 22 heavy (non-hydrogen) atoms. The van der Waals surface area contributed by atoms with E-state index in [1.807, 2.05) is 0 Å². The first kappa shape index (κ1) is 18.7. The van der Waals surface area contributed by atoms with E-state index in [1.165, 1.54) is 0 Å². The molecule has 1 unspecified atom stereocenters. The summed E-state index contributed by atoms with van der Waals surface area (Å²) >= 11 is 0. The van der Waals surface area contributed by atoms with Gasteiger partial charge in [0.1, 0.15) is 0 Å². The van der Waals surface area contributed by atoms with Crippen LogP contribution in [0.25, 0.3) is 0 Å². The van der Waals surface area contributed by atoms with Crippen molar-refractivity contribution in [2.75, 3.05) is 53.5 Å². The van der Waals surface area contributed by atoms with E-state index in [2.05, 4.69) is 20.5 Å². The third kappa shape index (κ3) is 7.61. The molecule has 1 heterocycles. The standard InChI is InChI=1S/C15H31N5O2/c1-17-15(19-8-5-11-22-2)18-7-4-10-20-9-3-6-13(12-20)14(16)21/h13H,3-12H2,1-2H3,(H2,16,21)(H2,17,18,19). The number of hydrogen-bond donors (Lipinski definition) is 3. The van der Waals surface area contributed by atoms with Gasteiger partial charge in [0.25, 0.3) is 0 Å². The van der Waals surface area contributed by atoms with Crippen LogP contribution in [0.1, 0.15) is 25.7 Å². The Morgan fingerprint density at radius 1 is 1.36 bits per heavy atom. The molecule has 0 spiro atoms. The van der Waals surface area contributed by atoms with Crippen LogP contribution in [0.2, 0.25) is 0 Å². The van der Waals surface area contributed by atoms with Crippen molar-refractivity contribution in [1.29, 1.82) is 0 Å². The van der Waals surface area contributed by atoms with Crippen LogP contribution in [0.5, 0.6) is 0 Å². The van der Waals surface area contributed by atoms with Gasteiger partial charge in [0.2, 0.25) is 5.91 Å². The summed E-state index contributed by atoms with van der Waals surface area (Å²) in [6.07, 6.45) is 3.97. The fourth-order valence-electron chi connectivity index (χ4n) is 2.64. The fraction of sp³-hybridized carbons (Fsp3) is 0.867. The Morgan fingerprint density at radius 3 is 2.73 bits per heavy atom. The van der Waals surface area contributed by atoms with Crippen molar-refractivity contribution in [2.45, 2.75) is 25.7 Å². The fourth-order valence-corrected chi connectivity index (χ4v) is 2.64. The van der Waals surface area contributed by atoms with Crippen molar-refractivity contribution in [3.63, 3.8) is 0 Å². The lowest BCUT2D eigenvalue weighted by atomic mass is 9.97. The molecule has 0 aromatic rings. The summed E-state index contributed by atoms with van der Waals surface area (Å²) in [5.74, 6) is 0.685. The number of piperidine rings is 1. The minimum atomic E-state index is -0.163. The predicted molar refractivity (Wildman–Crippen MR) is 88.8 cm³/mol. The molecule has 1 fully saturated rings. The Morgan fingerprint density at radius 2 is 2.09 bits per heavy atom. The number of methoxy groups -OCH3 is 1. The smallest absolute Gasteiger partial charge is 0.221 e. The third-order valence-corrected chi connectivity index (χ3v) is 3.89. The Balaban J connectivity index is 2.11. The summed E-state index contributed by atoms with van der Waals surface area (Å²) in [7, 11) is 3.48. The first-order chi connectivity index (χ1) is 10.7. The van der Waals surface area contributed by atoms with Gasteiger partial charge in [-0.15, -0.1) is 0 Å². The molecule has 0 aromatic carbocycles. The topological polar surface area (TPSA) is 92.0 Å². The van der Waals surface area contributed by atoms with Crippen LogP contribution in [-0.2, 0) is 9.53 Å². The number of aliphatic imine (C=N–C) groups is 1. The predicted octanol–water partition coefficient (Wildman–Crippen LogP) is -0.225. The Bertz CT molecular complexity index is 349. The van der Waals surface area contributed by atoms with E-state index in [9.17, 15) is 4.79 Å². The van der Waals surface area contributed by atoms with Crippen molar-refractivity contribution >= 4 is 11.9 Å². The molecule has 1 saturated heterocycles. The van der Waals surface area contributed by atoms with E-state index in [4.69, 9.17) is 10.5 Å². The summed E-state index contributed by atoms with van der Waals surface area (Å²) in [4.78, 5) is 17.8. The number of guanidine groups is 1. The first-order valence-electron chi connectivity index (χ1n) is 8.12. The number of primary amides is 1. The molecule has 0 bridgehead atoms. The van der Waals surface area contributed by atoms with Crippen LogP contribution in [0.15, 0.2) is 4.99 Å². The number of carbonyl (C=O) groups is 1. The zero-order valence-corrected chi connectivity index (χ0v) is 13.9. The Labute approximate surface area is 133 Å². The molecular formula is C15H31N5O2. The maximum atomic E-state index is 11.3. The number of amides is 1. The van der Waals surface area contributed by atoms with Gasteiger partial charge in [-0.3, -0.25) is 9.79 Å². The largest absolute Gasteiger partial charge is 0.385 e. The van der Waals surface area contributed by atoms with Crippen molar-refractivity contribution < 1.29 is 9.53 Å². The van der Waals surface area contributed by atoms with Gasteiger partial charge < -0.3 is 26.0 Å². The van der Waals surface area contributed by atoms with Crippen LogP contribution in [0, 0.1) is 5.92 Å². The number of hydrogen-bond acceptors (Lipinski definition) is 4. The summed E-state index contributed by atoms with van der Waals surface area (Å²) in [5, 5.41) is 6.55. The van der Waals surface area contributed by atoms with Gasteiger partial charge in [0.15, 0.2) is 5.96 Å². The molecule has 7 nitrogen and oxygen atoms in total. The minimum absolute atomic E-state index is 0.0249. The molecular weight excluding hydrogens is 282 g/mol. The number of ether oxygens (including phenoxy) is 1. The van der Waals surface area contributed by atoms with E-state index < -0.39 is 0 Å². The summed E-state index contributed by atoms with van der Waals surface area (Å²) < 4.78 is 5.01. The highest BCUT2D eigenvalue weighted by Crippen LogP contribution is 2.15. The molecule has 1 rings (SSSR count). The normalized spacial score (nSPS) is 19.9. The molecule has 7 heteroatoms. The number of likely N-dealkylation sites (tertiary alicyclic amines) is 1. The Kier molecular flexibility index (Phi) is 9.57. The lowest BCUT2D eigenvalue weighted by Crippen LogP contribution is -2.43. The highest BCUT2D eigenvalue weighted by molar-refractivity contribution is 5.79. The number of nitrogens with one attached hydrogen (secondary N) is 2. The van der Waals surface area contributed by atoms with Crippen LogP contribution in [-0.4, -0.2) is 70.3 Å². The average Bonchev–Trinajstić information content (AvgIpc) is 2.53. The lowest BCUT2D eigenvalue weighted by molar-refractivity contribution is -0.123. The molecule has 1 aliphatic heterocycles. The number of nitrogens with two attached hydrogens (primary N) is 1. The summed E-state index contributed by atoms with van der Waals surface area (Å²) in [6.45, 7) is 5.31. The molecule has 1 aliphatic rings. The highest BCUT2D eigenvalue weighted by Gasteiger charge is 2.23. The van der Waals surface area contributed by atoms with Crippen LogP contribution in [0.4, 0.5) is 0 Å². The maximum absolute atomic E-state index is 11.3. The quantitative estimate of drug-likeness (QED) is 0.311. The summed E-state index contributed by atoms with van der Waals surface area (Å²) in [6, 6.07) is 0. The SMILES string of the molecule is CN=C(NCCCOC)NCCCN1CCCC(C(N)=O)C1. The van der Waals surface area contributed by atoms with Gasteiger partial charge in [-0.25, -0.2) is 0 Å². The van der Waals surface area contributed by atoms with Crippen LogP contribution >= 0.6 is 0 Å². The molecule has 1 amide bonds. The van der Waals surface area contributed by atoms with Gasteiger partial charge in [0.05, 0.1) is 5.92 Å². The second kappa shape index (κ2) is 11.3. The molecule has 0 aliphatic carbocycles. The lowest BCUT2D eigenvalue weighted by Gasteiger charge is -2.31. The molecule has 0 saturated carbocycles. The third-order valence-electron chi connectivity index (χ3n) is 3.89. The molecule has 1 atom stereocenters. The van der Waals surface area contributed by atoms with E-state index in [0.717, 1.165) is 71.0 Å². The monoisotopic (exact) mass is 313 g/mol. The van der Waals surface area contributed by atoms with E-state index >= 15 is 0 Å². The van der Waals surface area contributed by atoms with Crippen LogP contribution in [0.3, 0.4) is 0 Å². The maximum Gasteiger partial charge on any atom is 0.221 e.